The van der Waals surface area contributed by atoms with Gasteiger partial charge < -0.3 is 15.0 Å². The number of hydrogen-bond donors (Lipinski definition) is 1. The largest absolute Gasteiger partial charge is 0.482 e. The zero-order valence-corrected chi connectivity index (χ0v) is 13.0. The Bertz CT molecular complexity index is 974. The number of hydrogen-bond acceptors (Lipinski definition) is 6. The van der Waals surface area contributed by atoms with Gasteiger partial charge in [0, 0.05) is 12.7 Å². The Labute approximate surface area is 140 Å². The average molecular weight is 346 g/mol. The minimum atomic E-state index is -2.78. The summed E-state index contributed by atoms with van der Waals surface area (Å²) in [6.07, 6.45) is -2.78. The van der Waals surface area contributed by atoms with Crippen molar-refractivity contribution in [2.45, 2.75) is 6.43 Å². The molecule has 2 aromatic heterocycles. The molecule has 1 aromatic carbocycles. The van der Waals surface area contributed by atoms with Crippen molar-refractivity contribution >= 4 is 28.7 Å². The summed E-state index contributed by atoms with van der Waals surface area (Å²) in [5.41, 5.74) is 1.47. The lowest BCUT2D eigenvalue weighted by Crippen LogP contribution is -2.35. The highest BCUT2D eigenvalue weighted by atomic mass is 19.3. The third kappa shape index (κ3) is 2.61. The molecule has 0 spiro atoms. The van der Waals surface area contributed by atoms with Gasteiger partial charge in [-0.15, -0.1) is 15.3 Å². The van der Waals surface area contributed by atoms with Gasteiger partial charge in [-0.2, -0.15) is 4.52 Å². The molecule has 0 radical (unpaired) electrons. The quantitative estimate of drug-likeness (QED) is 0.782. The van der Waals surface area contributed by atoms with Crippen molar-refractivity contribution in [1.29, 1.82) is 0 Å². The molecule has 0 saturated heterocycles. The van der Waals surface area contributed by atoms with E-state index < -0.39 is 12.2 Å². The third-order valence-corrected chi connectivity index (χ3v) is 3.80. The summed E-state index contributed by atoms with van der Waals surface area (Å²) < 4.78 is 32.2. The third-order valence-electron chi connectivity index (χ3n) is 3.80. The topological polar surface area (TPSA) is 84.6 Å². The fraction of sp³-hybridized carbons (Fsp3) is 0.200. The van der Waals surface area contributed by atoms with Gasteiger partial charge in [-0.25, -0.2) is 8.78 Å². The lowest BCUT2D eigenvalue weighted by molar-refractivity contribution is -0.120. The van der Waals surface area contributed by atoms with Crippen LogP contribution in [0.15, 0.2) is 30.3 Å². The molecule has 0 atom stereocenters. The van der Waals surface area contributed by atoms with Crippen molar-refractivity contribution in [3.05, 3.63) is 36.2 Å². The number of carbonyl (C=O) groups is 1. The molecule has 0 saturated carbocycles. The number of nitrogens with zero attached hydrogens (tertiary/aromatic N) is 5. The van der Waals surface area contributed by atoms with E-state index in [4.69, 9.17) is 4.74 Å². The summed E-state index contributed by atoms with van der Waals surface area (Å²) >= 11 is 0. The number of anilines is 3. The predicted molar refractivity (Wildman–Crippen MR) is 84.4 cm³/mol. The molecule has 0 bridgehead atoms. The first-order valence-electron chi connectivity index (χ1n) is 7.34. The van der Waals surface area contributed by atoms with Crippen LogP contribution in [0.5, 0.6) is 5.75 Å². The van der Waals surface area contributed by atoms with E-state index in [0.29, 0.717) is 22.9 Å². The van der Waals surface area contributed by atoms with E-state index in [2.05, 4.69) is 20.6 Å². The monoisotopic (exact) mass is 346 g/mol. The molecular formula is C15H12F2N6O2. The van der Waals surface area contributed by atoms with Crippen LogP contribution in [0, 0.1) is 0 Å². The Morgan fingerprint density at radius 2 is 2.08 bits per heavy atom. The Morgan fingerprint density at radius 3 is 2.88 bits per heavy atom. The number of fused-ring (bicyclic) bond motifs is 2. The summed E-state index contributed by atoms with van der Waals surface area (Å²) in [6, 6.07) is 8.32. The number of alkyl halides is 2. The van der Waals surface area contributed by atoms with Crippen molar-refractivity contribution in [3.8, 4) is 5.75 Å². The average Bonchev–Trinajstić information content (AvgIpc) is 3.02. The maximum atomic E-state index is 12.9. The number of carbonyl (C=O) groups excluding carboxylic acids is 1. The Balaban J connectivity index is 1.67. The van der Waals surface area contributed by atoms with Crippen LogP contribution in [0.2, 0.25) is 0 Å². The van der Waals surface area contributed by atoms with Gasteiger partial charge in [-0.05, 0) is 30.3 Å². The Morgan fingerprint density at radius 1 is 1.24 bits per heavy atom. The van der Waals surface area contributed by atoms with Crippen LogP contribution in [-0.2, 0) is 4.79 Å². The van der Waals surface area contributed by atoms with Crippen LogP contribution in [0.4, 0.5) is 26.0 Å². The second-order valence-electron chi connectivity index (χ2n) is 5.40. The molecule has 1 aliphatic heterocycles. The normalized spacial score (nSPS) is 13.9. The maximum Gasteiger partial charge on any atom is 0.299 e. The SMILES string of the molecule is CN1C(=O)COc2ccc(Nc3ccc4nnc(C(F)F)n4n3)cc21. The van der Waals surface area contributed by atoms with Gasteiger partial charge in [0.25, 0.3) is 12.3 Å². The van der Waals surface area contributed by atoms with E-state index in [-0.39, 0.29) is 18.2 Å². The van der Waals surface area contributed by atoms with Crippen molar-refractivity contribution in [3.63, 3.8) is 0 Å². The second-order valence-corrected chi connectivity index (χ2v) is 5.40. The molecule has 8 nitrogen and oxygen atoms in total. The highest BCUT2D eigenvalue weighted by molar-refractivity contribution is 5.98. The summed E-state index contributed by atoms with van der Waals surface area (Å²) in [6.45, 7) is -0.00146. The van der Waals surface area contributed by atoms with Gasteiger partial charge in [0.05, 0.1) is 5.69 Å². The lowest BCUT2D eigenvalue weighted by Gasteiger charge is -2.26. The minimum Gasteiger partial charge on any atom is -0.482 e. The second kappa shape index (κ2) is 5.65. The van der Waals surface area contributed by atoms with Crippen LogP contribution >= 0.6 is 0 Å². The predicted octanol–water partition coefficient (Wildman–Crippen LogP) is 2.16. The Hall–Kier alpha value is -3.30. The Kier molecular flexibility index (Phi) is 3.45. The van der Waals surface area contributed by atoms with Crippen LogP contribution in [0.25, 0.3) is 5.65 Å². The standard InChI is InChI=1S/C15H12F2N6O2/c1-22-9-6-8(2-3-10(9)25-7-13(22)24)18-11-4-5-12-19-20-15(14(16)17)23(12)21-11/h2-6,14H,7H2,1H3,(H,18,21). The van der Waals surface area contributed by atoms with Crippen molar-refractivity contribution in [2.75, 3.05) is 23.9 Å². The van der Waals surface area contributed by atoms with Crippen LogP contribution in [0.3, 0.4) is 0 Å². The summed E-state index contributed by atoms with van der Waals surface area (Å²) in [4.78, 5) is 13.2. The number of rotatable bonds is 3. The maximum absolute atomic E-state index is 12.9. The van der Waals surface area contributed by atoms with Gasteiger partial charge >= 0.3 is 0 Å². The van der Waals surface area contributed by atoms with E-state index in [1.165, 1.54) is 11.0 Å². The zero-order valence-electron chi connectivity index (χ0n) is 13.0. The van der Waals surface area contributed by atoms with Gasteiger partial charge in [0.2, 0.25) is 5.82 Å². The minimum absolute atomic E-state index is 0.00146. The molecule has 25 heavy (non-hydrogen) atoms. The summed E-state index contributed by atoms with van der Waals surface area (Å²) in [5.74, 6) is 0.243. The summed E-state index contributed by atoms with van der Waals surface area (Å²) in [5, 5.41) is 14.2. The molecule has 128 valence electrons. The summed E-state index contributed by atoms with van der Waals surface area (Å²) in [7, 11) is 1.66. The van der Waals surface area contributed by atoms with E-state index in [1.54, 1.807) is 31.3 Å². The number of amides is 1. The molecule has 3 aromatic rings. The van der Waals surface area contributed by atoms with E-state index in [9.17, 15) is 13.6 Å². The number of halogens is 2. The lowest BCUT2D eigenvalue weighted by atomic mass is 10.2. The van der Waals surface area contributed by atoms with Gasteiger partial charge in [0.15, 0.2) is 18.1 Å². The molecule has 1 amide bonds. The first-order valence-corrected chi connectivity index (χ1v) is 7.34. The van der Waals surface area contributed by atoms with E-state index in [1.807, 2.05) is 0 Å². The van der Waals surface area contributed by atoms with Crippen molar-refractivity contribution < 1.29 is 18.3 Å². The van der Waals surface area contributed by atoms with E-state index in [0.717, 1.165) is 4.52 Å². The number of likely N-dealkylation sites (N-methyl/N-ethyl adjacent to an activating group) is 1. The molecule has 3 heterocycles. The fourth-order valence-corrected chi connectivity index (χ4v) is 2.51. The van der Waals surface area contributed by atoms with Crippen LogP contribution in [0.1, 0.15) is 12.2 Å². The van der Waals surface area contributed by atoms with Crippen molar-refractivity contribution in [2.24, 2.45) is 0 Å². The molecule has 1 aliphatic rings. The molecule has 1 N–H and O–H groups in total. The number of aromatic nitrogens is 4. The van der Waals surface area contributed by atoms with Gasteiger partial charge in [0.1, 0.15) is 5.75 Å². The molecule has 0 unspecified atom stereocenters. The number of nitrogens with one attached hydrogen (secondary N) is 1. The molecule has 10 heteroatoms. The van der Waals surface area contributed by atoms with Crippen LogP contribution < -0.4 is 15.0 Å². The smallest absolute Gasteiger partial charge is 0.299 e. The highest BCUT2D eigenvalue weighted by Gasteiger charge is 2.22. The molecule has 4 rings (SSSR count). The van der Waals surface area contributed by atoms with Gasteiger partial charge in [-0.3, -0.25) is 4.79 Å². The first-order chi connectivity index (χ1) is 12.0. The highest BCUT2D eigenvalue weighted by Crippen LogP contribution is 2.34. The zero-order chi connectivity index (χ0) is 17.6. The van der Waals surface area contributed by atoms with E-state index >= 15 is 0 Å². The van der Waals surface area contributed by atoms with Crippen LogP contribution in [-0.4, -0.2) is 39.4 Å². The fourth-order valence-electron chi connectivity index (χ4n) is 2.51. The molecule has 0 aliphatic carbocycles. The van der Waals surface area contributed by atoms with Gasteiger partial charge in [-0.1, -0.05) is 0 Å². The number of ether oxygens (including phenoxy) is 1. The molecule has 0 fully saturated rings. The number of benzene rings is 1. The molecular weight excluding hydrogens is 334 g/mol. The first kappa shape index (κ1) is 15.2. The van der Waals surface area contributed by atoms with Crippen molar-refractivity contribution in [1.82, 2.24) is 19.8 Å².